The van der Waals surface area contributed by atoms with Crippen LogP contribution in [0.5, 0.6) is 11.5 Å². The van der Waals surface area contributed by atoms with Gasteiger partial charge in [0.1, 0.15) is 5.57 Å². The van der Waals surface area contributed by atoms with E-state index >= 15 is 0 Å². The number of amides is 4. The van der Waals surface area contributed by atoms with Crippen molar-refractivity contribution in [2.24, 2.45) is 0 Å². The van der Waals surface area contributed by atoms with Gasteiger partial charge in [0, 0.05) is 0 Å². The van der Waals surface area contributed by atoms with E-state index in [0.29, 0.717) is 15.7 Å². The number of aryl methyl sites for hydroxylation is 2. The van der Waals surface area contributed by atoms with Crippen LogP contribution in [0.15, 0.2) is 40.4 Å². The molecule has 3 rings (SSSR count). The molecule has 172 valence electrons. The molecule has 2 aromatic carbocycles. The first kappa shape index (κ1) is 24.0. The van der Waals surface area contributed by atoms with Crippen molar-refractivity contribution in [2.75, 3.05) is 25.7 Å². The smallest absolute Gasteiger partial charge is 0.343 e. The number of nitrogens with zero attached hydrogens (tertiary/aromatic N) is 1. The minimum Gasteiger partial charge on any atom is -0.493 e. The van der Waals surface area contributed by atoms with Crippen molar-refractivity contribution >= 4 is 51.5 Å². The van der Waals surface area contributed by atoms with Crippen molar-refractivity contribution in [3.63, 3.8) is 0 Å². The summed E-state index contributed by atoms with van der Waals surface area (Å²) in [6, 6.07) is 7.42. The first-order valence-electron chi connectivity index (χ1n) is 9.72. The molecule has 1 aliphatic rings. The molecule has 1 heterocycles. The monoisotopic (exact) mass is 516 g/mol. The predicted octanol–water partition coefficient (Wildman–Crippen LogP) is 3.29. The lowest BCUT2D eigenvalue weighted by molar-refractivity contribution is -0.143. The Morgan fingerprint density at radius 2 is 1.82 bits per heavy atom. The van der Waals surface area contributed by atoms with Gasteiger partial charge in [-0.15, -0.1) is 0 Å². The molecular weight excluding hydrogens is 496 g/mol. The molecule has 1 aliphatic heterocycles. The molecule has 4 amide bonds. The molecule has 33 heavy (non-hydrogen) atoms. The van der Waals surface area contributed by atoms with Crippen LogP contribution in [0.3, 0.4) is 0 Å². The number of benzene rings is 2. The van der Waals surface area contributed by atoms with Crippen LogP contribution in [0.4, 0.5) is 10.5 Å². The molecule has 0 aliphatic carbocycles. The minimum atomic E-state index is -0.823. The highest BCUT2D eigenvalue weighted by Gasteiger charge is 2.37. The molecule has 0 bridgehead atoms. The van der Waals surface area contributed by atoms with Crippen LogP contribution in [0.2, 0.25) is 0 Å². The summed E-state index contributed by atoms with van der Waals surface area (Å²) in [6.07, 6.45) is 1.34. The molecule has 0 atom stereocenters. The number of anilines is 1. The first-order valence-corrected chi connectivity index (χ1v) is 10.5. The predicted molar refractivity (Wildman–Crippen MR) is 123 cm³/mol. The second-order valence-corrected chi connectivity index (χ2v) is 7.98. The standard InChI is InChI=1S/C23H21BrN2O7/c1-12-5-6-15(7-13(12)2)26-22(29)16(21(28)25-23(26)30)8-14-9-17(24)20(18(10-14)31-3)33-11-19(27)32-4/h5-10H,11H2,1-4H3,(H,25,28,30)/b16-8+. The normalized spacial score (nSPS) is 14.9. The third-order valence-electron chi connectivity index (χ3n) is 4.98. The van der Waals surface area contributed by atoms with E-state index in [1.54, 1.807) is 24.3 Å². The molecule has 1 saturated heterocycles. The number of carbonyl (C=O) groups excluding carboxylic acids is 4. The highest BCUT2D eigenvalue weighted by Crippen LogP contribution is 2.37. The number of rotatable bonds is 6. The Balaban J connectivity index is 1.98. The van der Waals surface area contributed by atoms with Gasteiger partial charge in [-0.2, -0.15) is 0 Å². The molecule has 1 fully saturated rings. The Morgan fingerprint density at radius 1 is 1.09 bits per heavy atom. The van der Waals surface area contributed by atoms with Crippen molar-refractivity contribution in [1.82, 2.24) is 5.32 Å². The summed E-state index contributed by atoms with van der Waals surface area (Å²) >= 11 is 3.34. The maximum absolute atomic E-state index is 13.1. The molecule has 0 aromatic heterocycles. The Bertz CT molecular complexity index is 1190. The zero-order valence-corrected chi connectivity index (χ0v) is 19.9. The summed E-state index contributed by atoms with van der Waals surface area (Å²) < 4.78 is 15.7. The number of ether oxygens (including phenoxy) is 3. The van der Waals surface area contributed by atoms with Gasteiger partial charge in [0.25, 0.3) is 11.8 Å². The molecule has 0 radical (unpaired) electrons. The number of esters is 1. The fourth-order valence-corrected chi connectivity index (χ4v) is 3.65. The van der Waals surface area contributed by atoms with Crippen molar-refractivity contribution in [2.45, 2.75) is 13.8 Å². The van der Waals surface area contributed by atoms with E-state index in [0.717, 1.165) is 16.0 Å². The van der Waals surface area contributed by atoms with Crippen LogP contribution in [0.25, 0.3) is 6.08 Å². The minimum absolute atomic E-state index is 0.231. The van der Waals surface area contributed by atoms with Gasteiger partial charge in [0.15, 0.2) is 18.1 Å². The molecule has 0 saturated carbocycles. The number of hydrogen-bond acceptors (Lipinski definition) is 7. The summed E-state index contributed by atoms with van der Waals surface area (Å²) in [5, 5.41) is 2.20. The highest BCUT2D eigenvalue weighted by molar-refractivity contribution is 9.10. The second kappa shape index (κ2) is 9.86. The molecule has 1 N–H and O–H groups in total. The summed E-state index contributed by atoms with van der Waals surface area (Å²) in [4.78, 5) is 50.3. The molecule has 0 spiro atoms. The summed E-state index contributed by atoms with van der Waals surface area (Å²) in [6.45, 7) is 3.44. The number of halogens is 1. The van der Waals surface area contributed by atoms with Crippen molar-refractivity contribution in [1.29, 1.82) is 0 Å². The Labute approximate surface area is 198 Å². The number of imide groups is 2. The third kappa shape index (κ3) is 5.06. The molecule has 10 heteroatoms. The van der Waals surface area contributed by atoms with Crippen LogP contribution in [0.1, 0.15) is 16.7 Å². The summed E-state index contributed by atoms with van der Waals surface area (Å²) in [5.41, 5.74) is 2.44. The van der Waals surface area contributed by atoms with E-state index in [-0.39, 0.29) is 23.7 Å². The third-order valence-corrected chi connectivity index (χ3v) is 5.56. The first-order chi connectivity index (χ1) is 15.7. The second-order valence-electron chi connectivity index (χ2n) is 7.13. The highest BCUT2D eigenvalue weighted by atomic mass is 79.9. The van der Waals surface area contributed by atoms with Crippen LogP contribution >= 0.6 is 15.9 Å². The quantitative estimate of drug-likeness (QED) is 0.356. The SMILES string of the molecule is COC(=O)COc1c(Br)cc(/C=C2\C(=O)NC(=O)N(c3ccc(C)c(C)c3)C2=O)cc1OC. The molecule has 9 nitrogen and oxygen atoms in total. The molecule has 0 unspecified atom stereocenters. The summed E-state index contributed by atoms with van der Waals surface area (Å²) in [5.74, 6) is -1.64. The molecular formula is C23H21BrN2O7. The summed E-state index contributed by atoms with van der Waals surface area (Å²) in [7, 11) is 2.65. The maximum Gasteiger partial charge on any atom is 0.343 e. The lowest BCUT2D eigenvalue weighted by Crippen LogP contribution is -2.54. The average molecular weight is 517 g/mol. The zero-order chi connectivity index (χ0) is 24.3. The van der Waals surface area contributed by atoms with Gasteiger partial charge in [-0.1, -0.05) is 6.07 Å². The van der Waals surface area contributed by atoms with Crippen molar-refractivity contribution < 1.29 is 33.4 Å². The number of hydrogen-bond donors (Lipinski definition) is 1. The van der Waals surface area contributed by atoms with E-state index in [1.165, 1.54) is 26.4 Å². The van der Waals surface area contributed by atoms with Crippen LogP contribution in [-0.2, 0) is 19.1 Å². The van der Waals surface area contributed by atoms with Crippen molar-refractivity contribution in [3.8, 4) is 11.5 Å². The topological polar surface area (TPSA) is 111 Å². The van der Waals surface area contributed by atoms with Crippen LogP contribution in [0, 0.1) is 13.8 Å². The number of nitrogens with one attached hydrogen (secondary N) is 1. The number of urea groups is 1. The van der Waals surface area contributed by atoms with E-state index in [4.69, 9.17) is 9.47 Å². The fraction of sp³-hybridized carbons (Fsp3) is 0.217. The van der Waals surface area contributed by atoms with E-state index < -0.39 is 23.8 Å². The Morgan fingerprint density at radius 3 is 2.45 bits per heavy atom. The maximum atomic E-state index is 13.1. The largest absolute Gasteiger partial charge is 0.493 e. The number of methoxy groups -OCH3 is 2. The van der Waals surface area contributed by atoms with Gasteiger partial charge in [-0.25, -0.2) is 14.5 Å². The number of barbiturate groups is 1. The van der Waals surface area contributed by atoms with Crippen LogP contribution < -0.4 is 19.7 Å². The van der Waals surface area contributed by atoms with Gasteiger partial charge in [-0.3, -0.25) is 14.9 Å². The fourth-order valence-electron chi connectivity index (χ4n) is 3.08. The Kier molecular flexibility index (Phi) is 7.17. The molecule has 2 aromatic rings. The van der Waals surface area contributed by atoms with E-state index in [1.807, 2.05) is 13.8 Å². The lowest BCUT2D eigenvalue weighted by Gasteiger charge is -2.27. The van der Waals surface area contributed by atoms with Gasteiger partial charge < -0.3 is 14.2 Å². The van der Waals surface area contributed by atoms with Gasteiger partial charge >= 0.3 is 12.0 Å². The number of carbonyl (C=O) groups is 4. The average Bonchev–Trinajstić information content (AvgIpc) is 2.77. The van der Waals surface area contributed by atoms with Gasteiger partial charge in [0.05, 0.1) is 24.4 Å². The zero-order valence-electron chi connectivity index (χ0n) is 18.4. The van der Waals surface area contributed by atoms with Gasteiger partial charge in [0.2, 0.25) is 0 Å². The lowest BCUT2D eigenvalue weighted by atomic mass is 10.0. The van der Waals surface area contributed by atoms with Gasteiger partial charge in [-0.05, 0) is 76.8 Å². The van der Waals surface area contributed by atoms with E-state index in [9.17, 15) is 19.2 Å². The Hall–Kier alpha value is -3.66. The van der Waals surface area contributed by atoms with Crippen molar-refractivity contribution in [3.05, 3.63) is 57.1 Å². The van der Waals surface area contributed by atoms with E-state index in [2.05, 4.69) is 26.0 Å². The van der Waals surface area contributed by atoms with Crippen LogP contribution in [-0.4, -0.2) is 44.6 Å².